The van der Waals surface area contributed by atoms with Gasteiger partial charge in [0, 0.05) is 6.61 Å². The Balaban J connectivity index is 2.01. The van der Waals surface area contributed by atoms with Crippen LogP contribution in [0.5, 0.6) is 0 Å². The highest BCUT2D eigenvalue weighted by molar-refractivity contribution is 5.69. The molecule has 0 bridgehead atoms. The Morgan fingerprint density at radius 1 is 1.37 bits per heavy atom. The molecule has 2 heteroatoms. The molecule has 1 aromatic carbocycles. The van der Waals surface area contributed by atoms with Gasteiger partial charge in [-0.05, 0) is 56.7 Å². The minimum absolute atomic E-state index is 0.00972. The van der Waals surface area contributed by atoms with Crippen LogP contribution < -0.4 is 0 Å². The molecule has 0 aliphatic carbocycles. The second-order valence-corrected chi connectivity index (χ2v) is 5.42. The number of aryl methyl sites for hydroxylation is 2. The van der Waals surface area contributed by atoms with E-state index in [1.54, 1.807) is 0 Å². The number of ether oxygens (including phenoxy) is 2. The van der Waals surface area contributed by atoms with Crippen molar-refractivity contribution in [2.45, 2.75) is 52.4 Å². The molecule has 1 saturated heterocycles. The molecule has 2 atom stereocenters. The highest BCUT2D eigenvalue weighted by atomic mass is 16.7. The molecule has 2 nitrogen and oxygen atoms in total. The molecule has 0 spiro atoms. The number of rotatable bonds is 4. The van der Waals surface area contributed by atoms with Crippen LogP contribution in [0.4, 0.5) is 0 Å². The van der Waals surface area contributed by atoms with Crippen LogP contribution in [-0.2, 0) is 9.47 Å². The summed E-state index contributed by atoms with van der Waals surface area (Å²) in [6, 6.07) is 6.44. The summed E-state index contributed by atoms with van der Waals surface area (Å²) in [6.07, 6.45) is 3.25. The molecule has 0 amide bonds. The van der Waals surface area contributed by atoms with Gasteiger partial charge in [0.1, 0.15) is 0 Å². The lowest BCUT2D eigenvalue weighted by molar-refractivity contribution is -0.172. The van der Waals surface area contributed by atoms with E-state index in [-0.39, 0.29) is 12.4 Å². The van der Waals surface area contributed by atoms with Crippen molar-refractivity contribution in [2.24, 2.45) is 0 Å². The zero-order valence-electron chi connectivity index (χ0n) is 12.2. The second kappa shape index (κ2) is 6.36. The fraction of sp³-hybridized carbons (Fsp3) is 0.529. The summed E-state index contributed by atoms with van der Waals surface area (Å²) in [6.45, 7) is 11.3. The van der Waals surface area contributed by atoms with E-state index in [9.17, 15) is 0 Å². The fourth-order valence-corrected chi connectivity index (χ4v) is 2.52. The first-order valence-corrected chi connectivity index (χ1v) is 7.11. The monoisotopic (exact) mass is 260 g/mol. The molecule has 104 valence electrons. The summed E-state index contributed by atoms with van der Waals surface area (Å²) in [5, 5.41) is 0. The van der Waals surface area contributed by atoms with Crippen molar-refractivity contribution in [3.05, 3.63) is 41.5 Å². The Labute approximate surface area is 116 Å². The van der Waals surface area contributed by atoms with Crippen molar-refractivity contribution >= 4 is 5.57 Å². The van der Waals surface area contributed by atoms with Gasteiger partial charge in [-0.2, -0.15) is 0 Å². The first-order valence-electron chi connectivity index (χ1n) is 7.11. The Hall–Kier alpha value is -1.12. The van der Waals surface area contributed by atoms with Gasteiger partial charge in [0.15, 0.2) is 6.29 Å². The van der Waals surface area contributed by atoms with E-state index in [4.69, 9.17) is 9.47 Å². The number of hydrogen-bond acceptors (Lipinski definition) is 2. The standard InChI is InChI=1S/C17H24O2/c1-12-8-9-16(13(2)11-12)14(3)15(4)19-17-7-5-6-10-18-17/h8-9,11,15,17H,3,5-7,10H2,1-2,4H3/t15-,17?/m0/s1. The Kier molecular flexibility index (Phi) is 4.78. The molecule has 0 aromatic heterocycles. The first kappa shape index (κ1) is 14.3. The van der Waals surface area contributed by atoms with Crippen molar-refractivity contribution in [2.75, 3.05) is 6.61 Å². The predicted molar refractivity (Wildman–Crippen MR) is 79.1 cm³/mol. The largest absolute Gasteiger partial charge is 0.353 e. The zero-order chi connectivity index (χ0) is 13.8. The van der Waals surface area contributed by atoms with Crippen LogP contribution in [-0.4, -0.2) is 19.0 Å². The maximum Gasteiger partial charge on any atom is 0.158 e. The molecule has 1 aliphatic rings. The van der Waals surface area contributed by atoms with Crippen molar-refractivity contribution in [3.8, 4) is 0 Å². The van der Waals surface area contributed by atoms with Gasteiger partial charge in [0.2, 0.25) is 0 Å². The molecule has 0 radical (unpaired) electrons. The molecule has 1 fully saturated rings. The lowest BCUT2D eigenvalue weighted by Gasteiger charge is -2.27. The minimum atomic E-state index is -0.0637. The normalized spacial score (nSPS) is 21.1. The zero-order valence-corrected chi connectivity index (χ0v) is 12.2. The summed E-state index contributed by atoms with van der Waals surface area (Å²) >= 11 is 0. The SMILES string of the molecule is C=C(c1ccc(C)cc1C)[C@H](C)OC1CCCCO1. The van der Waals surface area contributed by atoms with Crippen molar-refractivity contribution in [3.63, 3.8) is 0 Å². The third-order valence-electron chi connectivity index (χ3n) is 3.71. The van der Waals surface area contributed by atoms with Gasteiger partial charge >= 0.3 is 0 Å². The molecule has 2 rings (SSSR count). The third-order valence-corrected chi connectivity index (χ3v) is 3.71. The van der Waals surface area contributed by atoms with E-state index < -0.39 is 0 Å². The molecule has 1 aromatic rings. The van der Waals surface area contributed by atoms with E-state index in [1.807, 2.05) is 0 Å². The van der Waals surface area contributed by atoms with Crippen molar-refractivity contribution in [1.82, 2.24) is 0 Å². The van der Waals surface area contributed by atoms with Crippen LogP contribution in [0.15, 0.2) is 24.8 Å². The topological polar surface area (TPSA) is 18.5 Å². The van der Waals surface area contributed by atoms with E-state index in [0.717, 1.165) is 25.0 Å². The lowest BCUT2D eigenvalue weighted by atomic mass is 9.97. The molecule has 19 heavy (non-hydrogen) atoms. The molecule has 1 aliphatic heterocycles. The molecular formula is C17H24O2. The molecule has 0 saturated carbocycles. The quantitative estimate of drug-likeness (QED) is 0.805. The van der Waals surface area contributed by atoms with Gasteiger partial charge in [-0.3, -0.25) is 0 Å². The predicted octanol–water partition coefficient (Wildman–Crippen LogP) is 4.25. The average molecular weight is 260 g/mol. The summed E-state index contributed by atoms with van der Waals surface area (Å²) < 4.78 is 11.6. The van der Waals surface area contributed by atoms with Crippen molar-refractivity contribution in [1.29, 1.82) is 0 Å². The summed E-state index contributed by atoms with van der Waals surface area (Å²) in [5.74, 6) is 0. The van der Waals surface area contributed by atoms with Gasteiger partial charge in [-0.15, -0.1) is 0 Å². The van der Waals surface area contributed by atoms with Crippen LogP contribution in [0, 0.1) is 13.8 Å². The van der Waals surface area contributed by atoms with Gasteiger partial charge < -0.3 is 9.47 Å². The van der Waals surface area contributed by atoms with E-state index in [2.05, 4.69) is 45.5 Å². The second-order valence-electron chi connectivity index (χ2n) is 5.42. The first-order chi connectivity index (χ1) is 9.08. The van der Waals surface area contributed by atoms with Crippen LogP contribution in [0.25, 0.3) is 5.57 Å². The minimum Gasteiger partial charge on any atom is -0.353 e. The summed E-state index contributed by atoms with van der Waals surface area (Å²) in [4.78, 5) is 0. The third kappa shape index (κ3) is 3.68. The van der Waals surface area contributed by atoms with Crippen LogP contribution in [0.2, 0.25) is 0 Å². The van der Waals surface area contributed by atoms with Gasteiger partial charge in [-0.1, -0.05) is 30.3 Å². The lowest BCUT2D eigenvalue weighted by Crippen LogP contribution is -2.27. The number of benzene rings is 1. The summed E-state index contributed by atoms with van der Waals surface area (Å²) in [5.41, 5.74) is 4.75. The van der Waals surface area contributed by atoms with Gasteiger partial charge in [0.05, 0.1) is 6.10 Å². The van der Waals surface area contributed by atoms with E-state index in [1.165, 1.54) is 23.1 Å². The van der Waals surface area contributed by atoms with Gasteiger partial charge in [0.25, 0.3) is 0 Å². The Morgan fingerprint density at radius 3 is 2.79 bits per heavy atom. The fourth-order valence-electron chi connectivity index (χ4n) is 2.52. The Morgan fingerprint density at radius 2 is 2.16 bits per heavy atom. The molecule has 0 N–H and O–H groups in total. The molecule has 1 unspecified atom stereocenters. The summed E-state index contributed by atoms with van der Waals surface area (Å²) in [7, 11) is 0. The van der Waals surface area contributed by atoms with E-state index in [0.29, 0.717) is 0 Å². The maximum atomic E-state index is 5.97. The van der Waals surface area contributed by atoms with Crippen LogP contribution in [0.1, 0.15) is 42.9 Å². The molecule has 1 heterocycles. The van der Waals surface area contributed by atoms with Gasteiger partial charge in [-0.25, -0.2) is 0 Å². The van der Waals surface area contributed by atoms with E-state index >= 15 is 0 Å². The van der Waals surface area contributed by atoms with Crippen LogP contribution in [0.3, 0.4) is 0 Å². The molecular weight excluding hydrogens is 236 g/mol. The maximum absolute atomic E-state index is 5.97. The Bertz CT molecular complexity index is 445. The smallest absolute Gasteiger partial charge is 0.158 e. The van der Waals surface area contributed by atoms with Crippen LogP contribution >= 0.6 is 0 Å². The highest BCUT2D eigenvalue weighted by Crippen LogP contribution is 2.25. The highest BCUT2D eigenvalue weighted by Gasteiger charge is 2.19. The van der Waals surface area contributed by atoms with Crippen molar-refractivity contribution < 1.29 is 9.47 Å². The number of hydrogen-bond donors (Lipinski definition) is 0. The average Bonchev–Trinajstić information content (AvgIpc) is 2.39.